The first-order valence-corrected chi connectivity index (χ1v) is 11.2. The Balaban J connectivity index is 1.31. The van der Waals surface area contributed by atoms with Gasteiger partial charge in [0.25, 0.3) is 11.8 Å². The van der Waals surface area contributed by atoms with Gasteiger partial charge in [0.2, 0.25) is 0 Å². The van der Waals surface area contributed by atoms with Crippen LogP contribution in [0.5, 0.6) is 0 Å². The minimum Gasteiger partial charge on any atom is -0.339 e. The van der Waals surface area contributed by atoms with Crippen molar-refractivity contribution in [2.24, 2.45) is 5.92 Å². The van der Waals surface area contributed by atoms with Gasteiger partial charge in [-0.15, -0.1) is 0 Å². The minimum atomic E-state index is -0.703. The van der Waals surface area contributed by atoms with Crippen molar-refractivity contribution in [1.82, 2.24) is 20.0 Å². The number of hydrogen-bond acceptors (Lipinski definition) is 4. The maximum atomic E-state index is 13.1. The van der Waals surface area contributed by atoms with Gasteiger partial charge in [0.1, 0.15) is 5.54 Å². The van der Waals surface area contributed by atoms with Gasteiger partial charge in [0.15, 0.2) is 0 Å². The molecule has 30 heavy (non-hydrogen) atoms. The second-order valence-electron chi connectivity index (χ2n) is 8.87. The third-order valence-electron chi connectivity index (χ3n) is 6.86. The molecule has 0 aliphatic carbocycles. The first-order valence-electron chi connectivity index (χ1n) is 11.2. The van der Waals surface area contributed by atoms with E-state index in [9.17, 15) is 14.4 Å². The van der Waals surface area contributed by atoms with Crippen molar-refractivity contribution in [3.63, 3.8) is 0 Å². The molecule has 0 atom stereocenters. The molecule has 4 rings (SSSR count). The van der Waals surface area contributed by atoms with E-state index in [0.717, 1.165) is 38.9 Å². The number of nitrogens with zero attached hydrogens (tertiary/aromatic N) is 3. The van der Waals surface area contributed by atoms with Crippen molar-refractivity contribution in [2.75, 3.05) is 39.3 Å². The predicted octanol–water partition coefficient (Wildman–Crippen LogP) is 2.34. The SMILES string of the molecule is CCCN1CCC2(CC1)NC(=O)N(CC1CCN(C(=O)c3ccccc3)CC1)C2=O. The molecule has 1 N–H and O–H groups in total. The lowest BCUT2D eigenvalue weighted by molar-refractivity contribution is -0.133. The van der Waals surface area contributed by atoms with Gasteiger partial charge in [-0.1, -0.05) is 25.1 Å². The average molecular weight is 413 g/mol. The van der Waals surface area contributed by atoms with E-state index in [4.69, 9.17) is 0 Å². The fourth-order valence-electron chi connectivity index (χ4n) is 5.00. The van der Waals surface area contributed by atoms with Crippen molar-refractivity contribution < 1.29 is 14.4 Å². The number of carbonyl (C=O) groups is 3. The van der Waals surface area contributed by atoms with Gasteiger partial charge in [0.05, 0.1) is 0 Å². The van der Waals surface area contributed by atoms with E-state index in [0.29, 0.717) is 38.0 Å². The van der Waals surface area contributed by atoms with E-state index in [1.54, 1.807) is 0 Å². The number of urea groups is 1. The van der Waals surface area contributed by atoms with Gasteiger partial charge in [-0.2, -0.15) is 0 Å². The normalized spacial score (nSPS) is 22.6. The Morgan fingerprint density at radius 3 is 2.37 bits per heavy atom. The summed E-state index contributed by atoms with van der Waals surface area (Å²) in [5, 5.41) is 3.02. The van der Waals surface area contributed by atoms with Crippen LogP contribution in [0.1, 0.15) is 49.4 Å². The Labute approximate surface area is 178 Å². The largest absolute Gasteiger partial charge is 0.339 e. The maximum absolute atomic E-state index is 13.1. The van der Waals surface area contributed by atoms with Gasteiger partial charge < -0.3 is 15.1 Å². The zero-order chi connectivity index (χ0) is 21.1. The number of imide groups is 1. The van der Waals surface area contributed by atoms with Crippen LogP contribution in [-0.2, 0) is 4.79 Å². The molecule has 1 spiro atoms. The number of amides is 4. The van der Waals surface area contributed by atoms with E-state index < -0.39 is 5.54 Å². The molecule has 3 heterocycles. The highest BCUT2D eigenvalue weighted by molar-refractivity contribution is 6.07. The van der Waals surface area contributed by atoms with Crippen LogP contribution in [-0.4, -0.2) is 77.4 Å². The Morgan fingerprint density at radius 2 is 1.73 bits per heavy atom. The Morgan fingerprint density at radius 1 is 1.07 bits per heavy atom. The lowest BCUT2D eigenvalue weighted by Gasteiger charge is -2.37. The topological polar surface area (TPSA) is 73.0 Å². The number of likely N-dealkylation sites (tertiary alicyclic amines) is 2. The molecule has 3 aliphatic heterocycles. The summed E-state index contributed by atoms with van der Waals surface area (Å²) >= 11 is 0. The molecule has 162 valence electrons. The average Bonchev–Trinajstić information content (AvgIpc) is 3.00. The summed E-state index contributed by atoms with van der Waals surface area (Å²) in [4.78, 5) is 44.1. The molecule has 3 fully saturated rings. The summed E-state index contributed by atoms with van der Waals surface area (Å²) in [5.74, 6) is 0.253. The first kappa shape index (κ1) is 20.8. The first-order chi connectivity index (χ1) is 14.5. The Hall–Kier alpha value is -2.41. The summed E-state index contributed by atoms with van der Waals surface area (Å²) < 4.78 is 0. The van der Waals surface area contributed by atoms with Crippen molar-refractivity contribution in [3.05, 3.63) is 35.9 Å². The van der Waals surface area contributed by atoms with Gasteiger partial charge in [-0.05, 0) is 56.7 Å². The number of piperidine rings is 2. The van der Waals surface area contributed by atoms with Gasteiger partial charge in [-0.3, -0.25) is 14.5 Å². The van der Waals surface area contributed by atoms with Crippen LogP contribution in [0.25, 0.3) is 0 Å². The predicted molar refractivity (Wildman–Crippen MR) is 114 cm³/mol. The Kier molecular flexibility index (Phi) is 6.09. The third-order valence-corrected chi connectivity index (χ3v) is 6.86. The highest BCUT2D eigenvalue weighted by atomic mass is 16.2. The molecule has 7 heteroatoms. The summed E-state index contributed by atoms with van der Waals surface area (Å²) in [6, 6.07) is 9.09. The molecule has 0 aromatic heterocycles. The van der Waals surface area contributed by atoms with Gasteiger partial charge >= 0.3 is 6.03 Å². The summed E-state index contributed by atoms with van der Waals surface area (Å²) in [6.07, 6.45) is 4.11. The van der Waals surface area contributed by atoms with Crippen LogP contribution >= 0.6 is 0 Å². The van der Waals surface area contributed by atoms with Crippen molar-refractivity contribution in [3.8, 4) is 0 Å². The smallest absolute Gasteiger partial charge is 0.325 e. The molecule has 1 aromatic rings. The molecule has 0 unspecified atom stereocenters. The zero-order valence-corrected chi connectivity index (χ0v) is 17.8. The van der Waals surface area contributed by atoms with Crippen LogP contribution < -0.4 is 5.32 Å². The second-order valence-corrected chi connectivity index (χ2v) is 8.87. The minimum absolute atomic E-state index is 0.0496. The van der Waals surface area contributed by atoms with Gasteiger partial charge in [-0.25, -0.2) is 4.79 Å². The fraction of sp³-hybridized carbons (Fsp3) is 0.609. The van der Waals surface area contributed by atoms with Crippen molar-refractivity contribution in [1.29, 1.82) is 0 Å². The fourth-order valence-corrected chi connectivity index (χ4v) is 5.00. The van der Waals surface area contributed by atoms with Crippen molar-refractivity contribution in [2.45, 2.75) is 44.6 Å². The van der Waals surface area contributed by atoms with E-state index >= 15 is 0 Å². The molecule has 3 aliphatic rings. The number of nitrogens with one attached hydrogen (secondary N) is 1. The van der Waals surface area contributed by atoms with Gasteiger partial charge in [0, 0.05) is 38.3 Å². The lowest BCUT2D eigenvalue weighted by Crippen LogP contribution is -2.55. The van der Waals surface area contributed by atoms with E-state index in [-0.39, 0.29) is 23.8 Å². The number of carbonyl (C=O) groups excluding carboxylic acids is 3. The van der Waals surface area contributed by atoms with E-state index in [1.165, 1.54) is 4.90 Å². The third kappa shape index (κ3) is 4.08. The lowest BCUT2D eigenvalue weighted by atomic mass is 9.87. The van der Waals surface area contributed by atoms with Crippen molar-refractivity contribution >= 4 is 17.8 Å². The quantitative estimate of drug-likeness (QED) is 0.754. The van der Waals surface area contributed by atoms with Crippen LogP contribution in [0.2, 0.25) is 0 Å². The standard InChI is InChI=1S/C23H32N4O3/c1-2-12-25-15-10-23(11-16-25)21(29)27(22(30)24-23)17-18-8-13-26(14-9-18)20(28)19-6-4-3-5-7-19/h3-7,18H,2,8-17H2,1H3,(H,24,30). The zero-order valence-electron chi connectivity index (χ0n) is 17.8. The molecule has 3 saturated heterocycles. The summed E-state index contributed by atoms with van der Waals surface area (Å²) in [5.41, 5.74) is 0.00656. The molecule has 4 amide bonds. The molecule has 1 aromatic carbocycles. The molecular weight excluding hydrogens is 380 g/mol. The Bertz CT molecular complexity index is 781. The monoisotopic (exact) mass is 412 g/mol. The molecule has 0 bridgehead atoms. The number of rotatable bonds is 5. The number of hydrogen-bond donors (Lipinski definition) is 1. The molecule has 0 radical (unpaired) electrons. The summed E-state index contributed by atoms with van der Waals surface area (Å²) in [6.45, 7) is 6.70. The molecule has 0 saturated carbocycles. The van der Waals surface area contributed by atoms with Crippen LogP contribution in [0.15, 0.2) is 30.3 Å². The van der Waals surface area contributed by atoms with Crippen LogP contribution in [0, 0.1) is 5.92 Å². The highest BCUT2D eigenvalue weighted by Gasteiger charge is 2.52. The summed E-state index contributed by atoms with van der Waals surface area (Å²) in [7, 11) is 0. The molecular formula is C23H32N4O3. The highest BCUT2D eigenvalue weighted by Crippen LogP contribution is 2.31. The molecule has 7 nitrogen and oxygen atoms in total. The van der Waals surface area contributed by atoms with Crippen LogP contribution in [0.4, 0.5) is 4.79 Å². The van der Waals surface area contributed by atoms with E-state index in [2.05, 4.69) is 17.1 Å². The van der Waals surface area contributed by atoms with E-state index in [1.807, 2.05) is 35.2 Å². The van der Waals surface area contributed by atoms with Crippen LogP contribution in [0.3, 0.4) is 0 Å². The maximum Gasteiger partial charge on any atom is 0.325 e. The number of benzene rings is 1. The second kappa shape index (κ2) is 8.76.